The maximum atomic E-state index is 5.78. The van der Waals surface area contributed by atoms with Crippen molar-refractivity contribution >= 4 is 16.5 Å². The molecule has 0 saturated heterocycles. The quantitative estimate of drug-likeness (QED) is 0.858. The number of rotatable bonds is 6. The van der Waals surface area contributed by atoms with Gasteiger partial charge in [0.05, 0.1) is 4.88 Å². The molecule has 3 nitrogen and oxygen atoms in total. The van der Waals surface area contributed by atoms with E-state index in [-0.39, 0.29) is 0 Å². The summed E-state index contributed by atoms with van der Waals surface area (Å²) in [5, 5.41) is 4.25. The Morgan fingerprint density at radius 2 is 2.17 bits per heavy atom. The molecule has 2 aromatic rings. The van der Waals surface area contributed by atoms with E-state index in [1.807, 2.05) is 24.4 Å². The van der Waals surface area contributed by atoms with Gasteiger partial charge in [0.2, 0.25) is 0 Å². The Morgan fingerprint density at radius 3 is 2.94 bits per heavy atom. The third kappa shape index (κ3) is 3.47. The number of ether oxygens (including phenoxy) is 1. The van der Waals surface area contributed by atoms with Crippen LogP contribution in [0.25, 0.3) is 0 Å². The average Bonchev–Trinajstić information content (AvgIpc) is 2.83. The maximum Gasteiger partial charge on any atom is 0.182 e. The first-order chi connectivity index (χ1) is 8.79. The van der Waals surface area contributed by atoms with E-state index in [0.717, 1.165) is 34.3 Å². The van der Waals surface area contributed by atoms with Crippen molar-refractivity contribution in [1.82, 2.24) is 4.98 Å². The van der Waals surface area contributed by atoms with Crippen LogP contribution >= 0.6 is 11.3 Å². The van der Waals surface area contributed by atoms with Crippen LogP contribution in [0.3, 0.4) is 0 Å². The molecule has 0 bridgehead atoms. The molecule has 0 atom stereocenters. The Hall–Kier alpha value is -1.55. The van der Waals surface area contributed by atoms with Crippen LogP contribution in [0.15, 0.2) is 30.5 Å². The monoisotopic (exact) mass is 262 g/mol. The number of para-hydroxylation sites is 1. The smallest absolute Gasteiger partial charge is 0.182 e. The fraction of sp³-hybridized carbons (Fsp3) is 0.357. The van der Waals surface area contributed by atoms with Crippen molar-refractivity contribution in [2.45, 2.75) is 26.9 Å². The number of anilines is 1. The first kappa shape index (κ1) is 12.9. The predicted octanol–water partition coefficient (Wildman–Crippen LogP) is 3.85. The third-order valence-electron chi connectivity index (χ3n) is 2.54. The lowest BCUT2D eigenvalue weighted by molar-refractivity contribution is 0.307. The number of nitrogens with zero attached hydrogens (tertiary/aromatic N) is 1. The highest BCUT2D eigenvalue weighted by Crippen LogP contribution is 2.22. The molecular formula is C14H18N2OS. The predicted molar refractivity (Wildman–Crippen MR) is 76.4 cm³/mol. The minimum Gasteiger partial charge on any atom is -0.488 e. The van der Waals surface area contributed by atoms with Gasteiger partial charge in [-0.05, 0) is 25.0 Å². The Kier molecular flexibility index (Phi) is 4.59. The highest BCUT2D eigenvalue weighted by Gasteiger charge is 2.03. The summed E-state index contributed by atoms with van der Waals surface area (Å²) in [6, 6.07) is 8.05. The standard InChI is InChI=1S/C14H18N2OS/c1-3-8-15-14-16-9-12(18-14)10-17-13-7-5-4-6-11(13)2/h4-7,9H,3,8,10H2,1-2H3,(H,15,16). The molecule has 0 aliphatic carbocycles. The van der Waals surface area contributed by atoms with Crippen molar-refractivity contribution in [3.8, 4) is 5.75 Å². The van der Waals surface area contributed by atoms with E-state index >= 15 is 0 Å². The fourth-order valence-electron chi connectivity index (χ4n) is 1.56. The number of benzene rings is 1. The zero-order valence-electron chi connectivity index (χ0n) is 10.8. The molecule has 4 heteroatoms. The molecule has 96 valence electrons. The van der Waals surface area contributed by atoms with Crippen LogP contribution in [0.2, 0.25) is 0 Å². The molecule has 0 aliphatic rings. The molecule has 18 heavy (non-hydrogen) atoms. The molecule has 2 rings (SSSR count). The molecule has 0 spiro atoms. The number of aromatic nitrogens is 1. The van der Waals surface area contributed by atoms with Crippen molar-refractivity contribution < 1.29 is 4.74 Å². The summed E-state index contributed by atoms with van der Waals surface area (Å²) in [7, 11) is 0. The summed E-state index contributed by atoms with van der Waals surface area (Å²) in [6.45, 7) is 5.74. The van der Waals surface area contributed by atoms with Crippen LogP contribution in [0, 0.1) is 6.92 Å². The van der Waals surface area contributed by atoms with Crippen molar-refractivity contribution in [2.75, 3.05) is 11.9 Å². The Bertz CT molecular complexity index is 496. The van der Waals surface area contributed by atoms with E-state index in [1.54, 1.807) is 11.3 Å². The van der Waals surface area contributed by atoms with Gasteiger partial charge in [-0.2, -0.15) is 0 Å². The minimum atomic E-state index is 0.580. The normalized spacial score (nSPS) is 10.3. The van der Waals surface area contributed by atoms with Gasteiger partial charge in [0, 0.05) is 12.7 Å². The van der Waals surface area contributed by atoms with Crippen LogP contribution in [0.4, 0.5) is 5.13 Å². The first-order valence-corrected chi connectivity index (χ1v) is 6.98. The summed E-state index contributed by atoms with van der Waals surface area (Å²) in [5.74, 6) is 0.939. The van der Waals surface area contributed by atoms with Crippen molar-refractivity contribution in [2.24, 2.45) is 0 Å². The second-order valence-electron chi connectivity index (χ2n) is 4.11. The number of hydrogen-bond acceptors (Lipinski definition) is 4. The largest absolute Gasteiger partial charge is 0.488 e. The topological polar surface area (TPSA) is 34.2 Å². The van der Waals surface area contributed by atoms with E-state index in [0.29, 0.717) is 6.61 Å². The molecule has 0 radical (unpaired) electrons. The highest BCUT2D eigenvalue weighted by atomic mass is 32.1. The number of nitrogens with one attached hydrogen (secondary N) is 1. The number of hydrogen-bond donors (Lipinski definition) is 1. The molecule has 1 heterocycles. The summed E-state index contributed by atoms with van der Waals surface area (Å²) >= 11 is 1.65. The molecule has 1 aromatic carbocycles. The van der Waals surface area contributed by atoms with Gasteiger partial charge in [0.25, 0.3) is 0 Å². The summed E-state index contributed by atoms with van der Waals surface area (Å²) in [5.41, 5.74) is 1.16. The fourth-order valence-corrected chi connectivity index (χ4v) is 2.31. The first-order valence-electron chi connectivity index (χ1n) is 6.16. The zero-order valence-corrected chi connectivity index (χ0v) is 11.6. The molecule has 0 fully saturated rings. The maximum absolute atomic E-state index is 5.78. The van der Waals surface area contributed by atoms with E-state index in [2.05, 4.69) is 30.2 Å². The summed E-state index contributed by atoms with van der Waals surface area (Å²) < 4.78 is 5.78. The molecule has 0 unspecified atom stereocenters. The molecule has 0 saturated carbocycles. The lowest BCUT2D eigenvalue weighted by atomic mass is 10.2. The van der Waals surface area contributed by atoms with E-state index < -0.39 is 0 Å². The van der Waals surface area contributed by atoms with Crippen LogP contribution in [-0.4, -0.2) is 11.5 Å². The van der Waals surface area contributed by atoms with Gasteiger partial charge in [-0.1, -0.05) is 36.5 Å². The van der Waals surface area contributed by atoms with Gasteiger partial charge in [-0.25, -0.2) is 4.98 Å². The van der Waals surface area contributed by atoms with Gasteiger partial charge in [0.15, 0.2) is 5.13 Å². The van der Waals surface area contributed by atoms with Crippen molar-refractivity contribution in [3.05, 3.63) is 40.9 Å². The molecule has 1 N–H and O–H groups in total. The Labute approximate surface area is 112 Å². The van der Waals surface area contributed by atoms with Crippen LogP contribution in [0.5, 0.6) is 5.75 Å². The van der Waals surface area contributed by atoms with E-state index in [4.69, 9.17) is 4.74 Å². The number of thiazole rings is 1. The van der Waals surface area contributed by atoms with Crippen LogP contribution < -0.4 is 10.1 Å². The van der Waals surface area contributed by atoms with E-state index in [1.165, 1.54) is 0 Å². The number of aryl methyl sites for hydroxylation is 1. The average molecular weight is 262 g/mol. The molecule has 0 amide bonds. The molecule has 1 aromatic heterocycles. The second kappa shape index (κ2) is 6.40. The Balaban J connectivity index is 1.90. The van der Waals surface area contributed by atoms with Crippen LogP contribution in [-0.2, 0) is 6.61 Å². The van der Waals surface area contributed by atoms with Crippen molar-refractivity contribution in [3.63, 3.8) is 0 Å². The Morgan fingerprint density at radius 1 is 1.33 bits per heavy atom. The molecular weight excluding hydrogens is 244 g/mol. The summed E-state index contributed by atoms with van der Waals surface area (Å²) in [4.78, 5) is 5.45. The van der Waals surface area contributed by atoms with Gasteiger partial charge in [-0.15, -0.1) is 0 Å². The van der Waals surface area contributed by atoms with Gasteiger partial charge < -0.3 is 10.1 Å². The SMILES string of the molecule is CCCNc1ncc(COc2ccccc2C)s1. The summed E-state index contributed by atoms with van der Waals surface area (Å²) in [6.07, 6.45) is 2.98. The van der Waals surface area contributed by atoms with Gasteiger partial charge >= 0.3 is 0 Å². The third-order valence-corrected chi connectivity index (χ3v) is 3.47. The van der Waals surface area contributed by atoms with Gasteiger partial charge in [-0.3, -0.25) is 0 Å². The highest BCUT2D eigenvalue weighted by molar-refractivity contribution is 7.15. The zero-order chi connectivity index (χ0) is 12.8. The minimum absolute atomic E-state index is 0.580. The molecule has 0 aliphatic heterocycles. The second-order valence-corrected chi connectivity index (χ2v) is 5.23. The van der Waals surface area contributed by atoms with Gasteiger partial charge in [0.1, 0.15) is 12.4 Å². The lowest BCUT2D eigenvalue weighted by Gasteiger charge is -2.06. The lowest BCUT2D eigenvalue weighted by Crippen LogP contribution is -1.98. The van der Waals surface area contributed by atoms with Crippen LogP contribution in [0.1, 0.15) is 23.8 Å². The van der Waals surface area contributed by atoms with Crippen molar-refractivity contribution in [1.29, 1.82) is 0 Å². The van der Waals surface area contributed by atoms with E-state index in [9.17, 15) is 0 Å².